The molecular formula is C48H52ClN5O7. The van der Waals surface area contributed by atoms with E-state index in [1.807, 2.05) is 42.5 Å². The minimum atomic E-state index is -0.977. The lowest BCUT2D eigenvalue weighted by molar-refractivity contribution is -0.136. The number of hydrogen-bond acceptors (Lipinski definition) is 10. The van der Waals surface area contributed by atoms with Crippen LogP contribution in [-0.2, 0) is 9.59 Å². The number of allylic oxidation sites excluding steroid dienone is 1. The highest BCUT2D eigenvalue weighted by Gasteiger charge is 2.44. The maximum Gasteiger partial charge on any atom is 0.262 e. The van der Waals surface area contributed by atoms with E-state index in [0.717, 1.165) is 109 Å². The van der Waals surface area contributed by atoms with E-state index in [1.54, 1.807) is 36.4 Å². The Morgan fingerprint density at radius 3 is 2.08 bits per heavy atom. The van der Waals surface area contributed by atoms with Gasteiger partial charge in [0.05, 0.1) is 11.1 Å². The van der Waals surface area contributed by atoms with E-state index in [9.17, 15) is 29.4 Å². The Hall–Kier alpha value is -5.69. The lowest BCUT2D eigenvalue weighted by atomic mass is 9.88. The van der Waals surface area contributed by atoms with Gasteiger partial charge in [0.2, 0.25) is 11.8 Å². The van der Waals surface area contributed by atoms with Crippen LogP contribution in [-0.4, -0.2) is 112 Å². The number of anilines is 1. The average Bonchev–Trinajstić information content (AvgIpc) is 3.50. The largest absolute Gasteiger partial charge is 0.508 e. The number of halogens is 1. The molecule has 1 unspecified atom stereocenters. The summed E-state index contributed by atoms with van der Waals surface area (Å²) in [5, 5.41) is 25.8. The number of nitrogens with zero attached hydrogens (tertiary/aromatic N) is 3. The quantitative estimate of drug-likeness (QED) is 0.0610. The second kappa shape index (κ2) is 18.9. The van der Waals surface area contributed by atoms with E-state index in [1.165, 1.54) is 0 Å². The molecular weight excluding hydrogens is 794 g/mol. The fourth-order valence-electron chi connectivity index (χ4n) is 9.22. The van der Waals surface area contributed by atoms with Crippen molar-refractivity contribution in [2.45, 2.75) is 57.0 Å². The predicted octanol–water partition coefficient (Wildman–Crippen LogP) is 6.75. The summed E-state index contributed by atoms with van der Waals surface area (Å²) < 4.78 is 6.24. The number of ether oxygens (including phenoxy) is 1. The standard InChI is InChI=1S/C48H52ClN5O7/c49-22-19-40(32-3-10-37(55)11-4-32)45(33-5-12-38(56)13-6-33)34-7-14-39(15-8-34)61-27-26-52-24-20-31(21-25-52)29-53-23-1-2-36(30-53)50-35-9-16-41-42(28-35)48(60)54(47(41)59)43-17-18-44(57)51-46(43)58/h3-16,28,31,36,43,50,55-56H,1-2,17-27,29-30H2,(H,51,57,58)/t36-,43?/m0/s1. The fourth-order valence-corrected chi connectivity index (χ4v) is 9.41. The normalized spacial score (nSPS) is 20.6. The number of fused-ring (bicyclic) bond motifs is 1. The van der Waals surface area contributed by atoms with Crippen molar-refractivity contribution in [3.8, 4) is 17.2 Å². The zero-order valence-electron chi connectivity index (χ0n) is 34.2. The number of likely N-dealkylation sites (tertiary alicyclic amines) is 2. The van der Waals surface area contributed by atoms with Gasteiger partial charge in [0.15, 0.2) is 0 Å². The molecule has 4 aliphatic heterocycles. The van der Waals surface area contributed by atoms with Crippen molar-refractivity contribution >= 4 is 52.1 Å². The Morgan fingerprint density at radius 1 is 0.754 bits per heavy atom. The first-order valence-corrected chi connectivity index (χ1v) is 21.8. The van der Waals surface area contributed by atoms with Crippen molar-refractivity contribution in [3.05, 3.63) is 119 Å². The zero-order valence-corrected chi connectivity index (χ0v) is 34.9. The summed E-state index contributed by atoms with van der Waals surface area (Å²) in [6, 6.07) is 26.9. The minimum Gasteiger partial charge on any atom is -0.508 e. The molecule has 4 aromatic carbocycles. The van der Waals surface area contributed by atoms with Gasteiger partial charge in [-0.15, -0.1) is 11.6 Å². The minimum absolute atomic E-state index is 0.0901. The molecule has 2 atom stereocenters. The molecule has 0 aromatic heterocycles. The molecule has 4 amide bonds. The molecule has 4 aromatic rings. The molecule has 0 saturated carbocycles. The summed E-state index contributed by atoms with van der Waals surface area (Å²) in [5.41, 5.74) is 6.33. The third-order valence-electron chi connectivity index (χ3n) is 12.4. The Bertz CT molecular complexity index is 2270. The maximum absolute atomic E-state index is 13.3. The lowest BCUT2D eigenvalue weighted by Crippen LogP contribution is -2.54. The number of carbonyl (C=O) groups is 4. The molecule has 0 bridgehead atoms. The summed E-state index contributed by atoms with van der Waals surface area (Å²) >= 11 is 6.31. The van der Waals surface area contributed by atoms with Crippen LogP contribution in [0.5, 0.6) is 17.2 Å². The Balaban J connectivity index is 0.805. The van der Waals surface area contributed by atoms with Crippen LogP contribution in [0.2, 0.25) is 0 Å². The highest BCUT2D eigenvalue weighted by molar-refractivity contribution is 6.23. The Kier molecular flexibility index (Phi) is 13.0. The number of piperidine rings is 3. The number of alkyl halides is 1. The van der Waals surface area contributed by atoms with E-state index >= 15 is 0 Å². The van der Waals surface area contributed by atoms with Crippen LogP contribution in [0, 0.1) is 5.92 Å². The molecule has 4 N–H and O–H groups in total. The molecule has 318 valence electrons. The number of nitrogens with one attached hydrogen (secondary N) is 2. The predicted molar refractivity (Wildman–Crippen MR) is 235 cm³/mol. The molecule has 8 rings (SSSR count). The molecule has 3 saturated heterocycles. The summed E-state index contributed by atoms with van der Waals surface area (Å²) in [5.74, 6) is 0.252. The van der Waals surface area contributed by atoms with Gasteiger partial charge >= 0.3 is 0 Å². The van der Waals surface area contributed by atoms with Crippen LogP contribution in [0.25, 0.3) is 11.1 Å². The number of benzene rings is 4. The molecule has 4 aliphatic rings. The first-order valence-electron chi connectivity index (χ1n) is 21.3. The zero-order chi connectivity index (χ0) is 42.5. The van der Waals surface area contributed by atoms with Gasteiger partial charge in [0.25, 0.3) is 11.8 Å². The van der Waals surface area contributed by atoms with E-state index < -0.39 is 29.7 Å². The van der Waals surface area contributed by atoms with Gasteiger partial charge in [-0.05, 0) is 147 Å². The first-order chi connectivity index (χ1) is 29.6. The lowest BCUT2D eigenvalue weighted by Gasteiger charge is -2.38. The van der Waals surface area contributed by atoms with Gasteiger partial charge in [0.1, 0.15) is 29.9 Å². The van der Waals surface area contributed by atoms with Crippen molar-refractivity contribution in [1.29, 1.82) is 0 Å². The van der Waals surface area contributed by atoms with E-state index in [0.29, 0.717) is 24.8 Å². The topological polar surface area (TPSA) is 152 Å². The third-order valence-corrected chi connectivity index (χ3v) is 12.6. The Morgan fingerprint density at radius 2 is 1.41 bits per heavy atom. The van der Waals surface area contributed by atoms with E-state index in [-0.39, 0.29) is 41.5 Å². The summed E-state index contributed by atoms with van der Waals surface area (Å²) in [6.07, 6.45) is 5.19. The summed E-state index contributed by atoms with van der Waals surface area (Å²) in [4.78, 5) is 56.6. The molecule has 12 nitrogen and oxygen atoms in total. The molecule has 0 spiro atoms. The number of carbonyl (C=O) groups excluding carboxylic acids is 4. The summed E-state index contributed by atoms with van der Waals surface area (Å²) in [6.45, 7) is 6.50. The maximum atomic E-state index is 13.3. The number of hydrogen-bond donors (Lipinski definition) is 4. The highest BCUT2D eigenvalue weighted by atomic mass is 35.5. The van der Waals surface area contributed by atoms with Crippen LogP contribution >= 0.6 is 11.6 Å². The second-order valence-corrected chi connectivity index (χ2v) is 16.9. The van der Waals surface area contributed by atoms with Gasteiger partial charge < -0.3 is 25.2 Å². The first kappa shape index (κ1) is 42.0. The van der Waals surface area contributed by atoms with Crippen LogP contribution in [0.1, 0.15) is 82.4 Å². The fraction of sp³-hybridized carbons (Fsp3) is 0.375. The monoisotopic (exact) mass is 845 g/mol. The highest BCUT2D eigenvalue weighted by Crippen LogP contribution is 2.37. The molecule has 13 heteroatoms. The van der Waals surface area contributed by atoms with Crippen molar-refractivity contribution in [3.63, 3.8) is 0 Å². The van der Waals surface area contributed by atoms with Crippen molar-refractivity contribution in [1.82, 2.24) is 20.0 Å². The number of amides is 4. The van der Waals surface area contributed by atoms with E-state index in [2.05, 4.69) is 32.6 Å². The van der Waals surface area contributed by atoms with Gasteiger partial charge in [-0.1, -0.05) is 36.4 Å². The molecule has 3 fully saturated rings. The van der Waals surface area contributed by atoms with Gasteiger partial charge in [-0.3, -0.25) is 34.3 Å². The molecule has 61 heavy (non-hydrogen) atoms. The smallest absolute Gasteiger partial charge is 0.262 e. The average molecular weight is 846 g/mol. The van der Waals surface area contributed by atoms with Crippen LogP contribution in [0.3, 0.4) is 0 Å². The number of phenolic OH excluding ortho intramolecular Hbond substituents is 2. The molecule has 0 radical (unpaired) electrons. The van der Waals surface area contributed by atoms with Crippen LogP contribution in [0.15, 0.2) is 91.0 Å². The van der Waals surface area contributed by atoms with Gasteiger partial charge in [0, 0.05) is 43.7 Å². The SMILES string of the molecule is O=C1CCC(N2C(=O)c3ccc(N[C@H]4CCCN(CC5CCN(CCOc6ccc(C(=C(CCCl)c7ccc(O)cc7)c7ccc(O)cc7)cc6)CC5)C4)cc3C2=O)C(=O)N1. The van der Waals surface area contributed by atoms with Crippen molar-refractivity contribution < 1.29 is 34.1 Å². The van der Waals surface area contributed by atoms with Crippen molar-refractivity contribution in [2.75, 3.05) is 57.1 Å². The second-order valence-electron chi connectivity index (χ2n) is 16.5. The molecule has 0 aliphatic carbocycles. The van der Waals surface area contributed by atoms with E-state index in [4.69, 9.17) is 16.3 Å². The van der Waals surface area contributed by atoms with Crippen molar-refractivity contribution in [2.24, 2.45) is 5.92 Å². The van der Waals surface area contributed by atoms with Gasteiger partial charge in [-0.25, -0.2) is 0 Å². The summed E-state index contributed by atoms with van der Waals surface area (Å²) in [7, 11) is 0. The molecule has 4 heterocycles. The Labute approximate surface area is 361 Å². The van der Waals surface area contributed by atoms with Gasteiger partial charge in [-0.2, -0.15) is 0 Å². The number of rotatable bonds is 14. The van der Waals surface area contributed by atoms with Crippen LogP contribution in [0.4, 0.5) is 5.69 Å². The van der Waals surface area contributed by atoms with Crippen LogP contribution < -0.4 is 15.4 Å². The number of imide groups is 2. The number of phenols is 2. The third kappa shape index (κ3) is 9.77. The number of aromatic hydroxyl groups is 2.